The molecule has 0 saturated heterocycles. The van der Waals surface area contributed by atoms with Gasteiger partial charge < -0.3 is 14.5 Å². The van der Waals surface area contributed by atoms with Crippen LogP contribution in [0, 0.1) is 12.8 Å². The zero-order chi connectivity index (χ0) is 24.1. The van der Waals surface area contributed by atoms with Crippen molar-refractivity contribution in [3.8, 4) is 17.2 Å². The van der Waals surface area contributed by atoms with Crippen LogP contribution in [0.25, 0.3) is 11.5 Å². The molecule has 1 aliphatic carbocycles. The molecule has 2 N–H and O–H groups in total. The van der Waals surface area contributed by atoms with E-state index < -0.39 is 10.0 Å². The number of oxazole rings is 1. The van der Waals surface area contributed by atoms with Crippen molar-refractivity contribution in [3.63, 3.8) is 0 Å². The topological polar surface area (TPSA) is 111 Å². The molecule has 1 saturated carbocycles. The van der Waals surface area contributed by atoms with Crippen molar-refractivity contribution in [2.75, 3.05) is 11.8 Å². The van der Waals surface area contributed by atoms with Crippen LogP contribution in [0.3, 0.4) is 0 Å². The van der Waals surface area contributed by atoms with E-state index in [1.165, 1.54) is 32.1 Å². The number of hydrogen-bond donors (Lipinski definition) is 2. The summed E-state index contributed by atoms with van der Waals surface area (Å²) in [7, 11) is -2.25. The molecule has 1 aliphatic rings. The SMILES string of the molecule is COc1ccc(S(=O)(=O)Nc2cccc(-c3nc(CNC(=O)CC4CCCC4)c(C)o3)c2)cc1. The largest absolute Gasteiger partial charge is 0.497 e. The molecular weight excluding hydrogens is 454 g/mol. The Morgan fingerprint density at radius 1 is 1.15 bits per heavy atom. The standard InChI is InChI=1S/C25H29N3O5S/c1-17-23(16-26-24(29)14-18-6-3-4-7-18)27-25(33-17)19-8-5-9-20(15-19)28-34(30,31)22-12-10-21(32-2)11-13-22/h5,8-13,15,18,28H,3-4,6-7,14,16H2,1-2H3,(H,26,29). The van der Waals surface area contributed by atoms with Gasteiger partial charge in [0.25, 0.3) is 10.0 Å². The molecule has 3 aromatic rings. The summed E-state index contributed by atoms with van der Waals surface area (Å²) in [4.78, 5) is 16.9. The number of benzene rings is 2. The number of amides is 1. The van der Waals surface area contributed by atoms with Gasteiger partial charge in [0.1, 0.15) is 17.2 Å². The first kappa shape index (κ1) is 23.8. The minimum Gasteiger partial charge on any atom is -0.497 e. The van der Waals surface area contributed by atoms with Gasteiger partial charge in [-0.25, -0.2) is 13.4 Å². The summed E-state index contributed by atoms with van der Waals surface area (Å²) in [6.07, 6.45) is 5.22. The summed E-state index contributed by atoms with van der Waals surface area (Å²) in [6.45, 7) is 2.09. The van der Waals surface area contributed by atoms with Gasteiger partial charge in [-0.2, -0.15) is 0 Å². The number of aromatic nitrogens is 1. The van der Waals surface area contributed by atoms with Crippen LogP contribution in [0.2, 0.25) is 0 Å². The average molecular weight is 484 g/mol. The molecule has 1 heterocycles. The van der Waals surface area contributed by atoms with Crippen LogP contribution >= 0.6 is 0 Å². The number of hydrogen-bond acceptors (Lipinski definition) is 6. The maximum atomic E-state index is 12.7. The molecule has 34 heavy (non-hydrogen) atoms. The Bertz CT molecular complexity index is 1250. The summed E-state index contributed by atoms with van der Waals surface area (Å²) in [5, 5.41) is 2.94. The number of aryl methyl sites for hydroxylation is 1. The average Bonchev–Trinajstić information content (AvgIpc) is 3.47. The Balaban J connectivity index is 1.43. The fraction of sp³-hybridized carbons (Fsp3) is 0.360. The zero-order valence-corrected chi connectivity index (χ0v) is 20.2. The third-order valence-corrected chi connectivity index (χ3v) is 7.42. The van der Waals surface area contributed by atoms with Crippen LogP contribution in [-0.4, -0.2) is 26.4 Å². The van der Waals surface area contributed by atoms with Gasteiger partial charge in [0.05, 0.1) is 18.6 Å². The summed E-state index contributed by atoms with van der Waals surface area (Å²) >= 11 is 0. The van der Waals surface area contributed by atoms with Gasteiger partial charge >= 0.3 is 0 Å². The zero-order valence-electron chi connectivity index (χ0n) is 19.3. The molecule has 0 atom stereocenters. The first-order chi connectivity index (χ1) is 16.3. The second-order valence-corrected chi connectivity index (χ2v) is 10.2. The van der Waals surface area contributed by atoms with E-state index in [9.17, 15) is 13.2 Å². The van der Waals surface area contributed by atoms with Gasteiger partial charge in [0, 0.05) is 17.7 Å². The van der Waals surface area contributed by atoms with Crippen LogP contribution in [0.1, 0.15) is 43.6 Å². The third kappa shape index (κ3) is 5.77. The predicted octanol–water partition coefficient (Wildman–Crippen LogP) is 4.66. The monoisotopic (exact) mass is 483 g/mol. The Hall–Kier alpha value is -3.33. The van der Waals surface area contributed by atoms with E-state index in [0.29, 0.717) is 53.2 Å². The second-order valence-electron chi connectivity index (χ2n) is 8.52. The number of anilines is 1. The quantitative estimate of drug-likeness (QED) is 0.458. The van der Waals surface area contributed by atoms with Crippen LogP contribution in [0.5, 0.6) is 5.75 Å². The fourth-order valence-corrected chi connectivity index (χ4v) is 5.18. The van der Waals surface area contributed by atoms with Crippen molar-refractivity contribution in [1.29, 1.82) is 0 Å². The number of ether oxygens (including phenoxy) is 1. The van der Waals surface area contributed by atoms with Gasteiger partial charge in [0.15, 0.2) is 0 Å². The maximum Gasteiger partial charge on any atom is 0.261 e. The van der Waals surface area contributed by atoms with Crippen LogP contribution in [-0.2, 0) is 21.4 Å². The number of methoxy groups -OCH3 is 1. The molecular formula is C25H29N3O5S. The van der Waals surface area contributed by atoms with Crippen LogP contribution in [0.4, 0.5) is 5.69 Å². The molecule has 9 heteroatoms. The van der Waals surface area contributed by atoms with E-state index in [-0.39, 0.29) is 10.8 Å². The van der Waals surface area contributed by atoms with Crippen molar-refractivity contribution < 1.29 is 22.4 Å². The summed E-state index contributed by atoms with van der Waals surface area (Å²) < 4.78 is 39.0. The molecule has 1 amide bonds. The molecule has 0 aliphatic heterocycles. The van der Waals surface area contributed by atoms with Crippen molar-refractivity contribution in [1.82, 2.24) is 10.3 Å². The lowest BCUT2D eigenvalue weighted by Gasteiger charge is -2.09. The minimum absolute atomic E-state index is 0.0331. The lowest BCUT2D eigenvalue weighted by molar-refractivity contribution is -0.122. The number of nitrogens with one attached hydrogen (secondary N) is 2. The number of nitrogens with zero attached hydrogens (tertiary/aromatic N) is 1. The van der Waals surface area contributed by atoms with E-state index in [2.05, 4.69) is 15.0 Å². The highest BCUT2D eigenvalue weighted by molar-refractivity contribution is 7.92. The summed E-state index contributed by atoms with van der Waals surface area (Å²) in [5.41, 5.74) is 1.66. The van der Waals surface area contributed by atoms with E-state index >= 15 is 0 Å². The van der Waals surface area contributed by atoms with Crippen molar-refractivity contribution >= 4 is 21.6 Å². The number of carbonyl (C=O) groups excluding carboxylic acids is 1. The van der Waals surface area contributed by atoms with Crippen molar-refractivity contribution in [3.05, 3.63) is 60.0 Å². The highest BCUT2D eigenvalue weighted by Crippen LogP contribution is 2.28. The van der Waals surface area contributed by atoms with Crippen molar-refractivity contribution in [2.24, 2.45) is 5.92 Å². The number of rotatable bonds is 9. The number of carbonyl (C=O) groups is 1. The summed E-state index contributed by atoms with van der Waals surface area (Å²) in [6, 6.07) is 13.0. The molecule has 1 fully saturated rings. The molecule has 0 unspecified atom stereocenters. The second kappa shape index (κ2) is 10.3. The molecule has 180 valence electrons. The van der Waals surface area contributed by atoms with Gasteiger partial charge in [-0.15, -0.1) is 0 Å². The predicted molar refractivity (Wildman–Crippen MR) is 129 cm³/mol. The van der Waals surface area contributed by atoms with E-state index in [4.69, 9.17) is 9.15 Å². The molecule has 0 spiro atoms. The van der Waals surface area contributed by atoms with Gasteiger partial charge in [-0.05, 0) is 68.1 Å². The van der Waals surface area contributed by atoms with Crippen LogP contribution in [0.15, 0.2) is 57.8 Å². The minimum atomic E-state index is -3.77. The molecule has 2 aromatic carbocycles. The van der Waals surface area contributed by atoms with Crippen molar-refractivity contribution in [2.45, 2.75) is 50.5 Å². The molecule has 4 rings (SSSR count). The highest BCUT2D eigenvalue weighted by Gasteiger charge is 2.20. The Labute approximate surface area is 199 Å². The van der Waals surface area contributed by atoms with Gasteiger partial charge in [-0.1, -0.05) is 18.9 Å². The van der Waals surface area contributed by atoms with Crippen LogP contribution < -0.4 is 14.8 Å². The Morgan fingerprint density at radius 2 is 1.88 bits per heavy atom. The smallest absolute Gasteiger partial charge is 0.261 e. The molecule has 8 nitrogen and oxygen atoms in total. The molecule has 0 bridgehead atoms. The Kier molecular flexibility index (Phi) is 7.21. The number of sulfonamides is 1. The normalized spacial score (nSPS) is 14.2. The first-order valence-electron chi connectivity index (χ1n) is 11.3. The lowest BCUT2D eigenvalue weighted by atomic mass is 10.0. The van der Waals surface area contributed by atoms with Gasteiger partial charge in [0.2, 0.25) is 11.8 Å². The fourth-order valence-electron chi connectivity index (χ4n) is 4.13. The van der Waals surface area contributed by atoms with E-state index in [1.807, 2.05) is 0 Å². The third-order valence-electron chi connectivity index (χ3n) is 6.03. The highest BCUT2D eigenvalue weighted by atomic mass is 32.2. The molecule has 0 radical (unpaired) electrons. The first-order valence-corrected chi connectivity index (χ1v) is 12.8. The van der Waals surface area contributed by atoms with Gasteiger partial charge in [-0.3, -0.25) is 9.52 Å². The van der Waals surface area contributed by atoms with E-state index in [1.54, 1.807) is 43.3 Å². The maximum absolute atomic E-state index is 12.7. The van der Waals surface area contributed by atoms with E-state index in [0.717, 1.165) is 12.8 Å². The lowest BCUT2D eigenvalue weighted by Crippen LogP contribution is -2.25. The molecule has 1 aromatic heterocycles. The summed E-state index contributed by atoms with van der Waals surface area (Å²) in [5.74, 6) is 2.07. The Morgan fingerprint density at radius 3 is 2.59 bits per heavy atom.